The van der Waals surface area contributed by atoms with Gasteiger partial charge in [-0.1, -0.05) is 29.8 Å². The Labute approximate surface area is 204 Å². The van der Waals surface area contributed by atoms with Gasteiger partial charge in [-0.05, 0) is 44.5 Å². The van der Waals surface area contributed by atoms with E-state index in [0.29, 0.717) is 0 Å². The van der Waals surface area contributed by atoms with Crippen LogP contribution in [0.4, 0.5) is 5.69 Å². The van der Waals surface area contributed by atoms with Crippen molar-refractivity contribution < 1.29 is 9.53 Å². The predicted octanol–water partition coefficient (Wildman–Crippen LogP) is 3.69. The van der Waals surface area contributed by atoms with Crippen LogP contribution in [0.15, 0.2) is 48.5 Å². The Morgan fingerprint density at radius 1 is 1.00 bits per heavy atom. The summed E-state index contributed by atoms with van der Waals surface area (Å²) in [5, 5.41) is 1.03. The molecule has 5 rings (SSSR count). The molecule has 3 aromatic rings. The number of piperazine rings is 1. The van der Waals surface area contributed by atoms with Gasteiger partial charge in [0, 0.05) is 42.3 Å². The Kier molecular flexibility index (Phi) is 6.54. The second-order valence-electron chi connectivity index (χ2n) is 8.97. The molecule has 2 saturated heterocycles. The third-order valence-corrected chi connectivity index (χ3v) is 8.00. The van der Waals surface area contributed by atoms with Crippen LogP contribution in [0.25, 0.3) is 10.6 Å². The molecule has 2 atom stereocenters. The van der Waals surface area contributed by atoms with Crippen molar-refractivity contribution in [2.75, 3.05) is 38.2 Å². The van der Waals surface area contributed by atoms with Crippen molar-refractivity contribution in [3.05, 3.63) is 64.7 Å². The lowest BCUT2D eigenvalue weighted by Crippen LogP contribution is -2.53. The van der Waals surface area contributed by atoms with Gasteiger partial charge in [-0.15, -0.1) is 11.3 Å². The highest BCUT2D eigenvalue weighted by atomic mass is 32.1. The topological polar surface area (TPSA) is 69.7 Å². The maximum absolute atomic E-state index is 13.2. The standard InChI is InChI=1S/C26H31N5O2S/c1-17-4-6-19(7-5-17)25-27-18(2)24(34-25)22-16-23(29-28-22)26(32)31-14-12-30(13-15-31)20-8-10-21(33-3)11-9-20/h4-11,22-23,28-29H,12-16H2,1-3H3. The molecule has 34 heavy (non-hydrogen) atoms. The van der Waals surface area contributed by atoms with Crippen molar-refractivity contribution in [2.24, 2.45) is 0 Å². The molecule has 0 aliphatic carbocycles. The number of carbonyl (C=O) groups excluding carboxylic acids is 1. The molecule has 2 unspecified atom stereocenters. The molecule has 0 spiro atoms. The molecule has 3 heterocycles. The summed E-state index contributed by atoms with van der Waals surface area (Å²) in [7, 11) is 1.68. The molecular weight excluding hydrogens is 446 g/mol. The summed E-state index contributed by atoms with van der Waals surface area (Å²) in [5.41, 5.74) is 11.2. The molecule has 0 saturated carbocycles. The van der Waals surface area contributed by atoms with Crippen LogP contribution < -0.4 is 20.5 Å². The number of amides is 1. The van der Waals surface area contributed by atoms with Crippen molar-refractivity contribution >= 4 is 22.9 Å². The number of ether oxygens (including phenoxy) is 1. The van der Waals surface area contributed by atoms with E-state index < -0.39 is 0 Å². The number of aryl methyl sites for hydroxylation is 2. The van der Waals surface area contributed by atoms with Crippen LogP contribution in [0.2, 0.25) is 0 Å². The number of hydrogen-bond donors (Lipinski definition) is 2. The minimum atomic E-state index is -0.220. The number of hydrazine groups is 1. The maximum atomic E-state index is 13.2. The van der Waals surface area contributed by atoms with Crippen molar-refractivity contribution in [3.8, 4) is 16.3 Å². The Morgan fingerprint density at radius 3 is 2.38 bits per heavy atom. The van der Waals surface area contributed by atoms with Crippen LogP contribution in [-0.4, -0.2) is 55.1 Å². The number of methoxy groups -OCH3 is 1. The summed E-state index contributed by atoms with van der Waals surface area (Å²) >= 11 is 1.71. The van der Waals surface area contributed by atoms with Crippen LogP contribution in [0.1, 0.15) is 28.6 Å². The maximum Gasteiger partial charge on any atom is 0.241 e. The van der Waals surface area contributed by atoms with Crippen LogP contribution in [0.5, 0.6) is 5.75 Å². The second kappa shape index (κ2) is 9.74. The molecule has 2 N–H and O–H groups in total. The van der Waals surface area contributed by atoms with Gasteiger partial charge in [-0.2, -0.15) is 0 Å². The van der Waals surface area contributed by atoms with Gasteiger partial charge in [-0.3, -0.25) is 4.79 Å². The number of anilines is 1. The van der Waals surface area contributed by atoms with E-state index in [0.717, 1.165) is 54.6 Å². The quantitative estimate of drug-likeness (QED) is 0.584. The average Bonchev–Trinajstić information content (AvgIpc) is 3.51. The van der Waals surface area contributed by atoms with Crippen LogP contribution in [0, 0.1) is 13.8 Å². The van der Waals surface area contributed by atoms with E-state index in [-0.39, 0.29) is 18.0 Å². The molecule has 2 aliphatic rings. The Balaban J connectivity index is 1.18. The SMILES string of the molecule is COc1ccc(N2CCN(C(=O)C3CC(c4sc(-c5ccc(C)cc5)nc4C)NN3)CC2)cc1. The summed E-state index contributed by atoms with van der Waals surface area (Å²) in [5.74, 6) is 1.03. The number of carbonyl (C=O) groups is 1. The normalized spacial score (nSPS) is 20.6. The molecule has 2 fully saturated rings. The van der Waals surface area contributed by atoms with Gasteiger partial charge in [0.25, 0.3) is 0 Å². The van der Waals surface area contributed by atoms with E-state index >= 15 is 0 Å². The number of nitrogens with one attached hydrogen (secondary N) is 2. The minimum absolute atomic E-state index is 0.0891. The first kappa shape index (κ1) is 22.8. The first-order valence-electron chi connectivity index (χ1n) is 11.7. The molecule has 0 bridgehead atoms. The summed E-state index contributed by atoms with van der Waals surface area (Å²) < 4.78 is 5.25. The molecule has 8 heteroatoms. The van der Waals surface area contributed by atoms with Crippen molar-refractivity contribution in [2.45, 2.75) is 32.4 Å². The fourth-order valence-electron chi connectivity index (χ4n) is 4.64. The van der Waals surface area contributed by atoms with Gasteiger partial charge in [-0.25, -0.2) is 15.8 Å². The highest BCUT2D eigenvalue weighted by Crippen LogP contribution is 2.35. The van der Waals surface area contributed by atoms with E-state index in [1.54, 1.807) is 18.4 Å². The summed E-state index contributed by atoms with van der Waals surface area (Å²) in [6, 6.07) is 16.4. The van der Waals surface area contributed by atoms with E-state index in [4.69, 9.17) is 9.72 Å². The van der Waals surface area contributed by atoms with Crippen LogP contribution in [0.3, 0.4) is 0 Å². The monoisotopic (exact) mass is 477 g/mol. The van der Waals surface area contributed by atoms with Gasteiger partial charge in [0.2, 0.25) is 5.91 Å². The minimum Gasteiger partial charge on any atom is -0.497 e. The fraction of sp³-hybridized carbons (Fsp3) is 0.385. The number of rotatable bonds is 5. The van der Waals surface area contributed by atoms with Gasteiger partial charge in [0.05, 0.1) is 18.8 Å². The number of hydrogen-bond acceptors (Lipinski definition) is 7. The zero-order valence-corrected chi connectivity index (χ0v) is 20.7. The summed E-state index contributed by atoms with van der Waals surface area (Å²) in [6.07, 6.45) is 0.730. The Morgan fingerprint density at radius 2 is 1.71 bits per heavy atom. The smallest absolute Gasteiger partial charge is 0.241 e. The molecule has 1 amide bonds. The number of thiazole rings is 1. The summed E-state index contributed by atoms with van der Waals surface area (Å²) in [4.78, 5) is 23.5. The molecule has 2 aromatic carbocycles. The van der Waals surface area contributed by atoms with Crippen LogP contribution in [-0.2, 0) is 4.79 Å². The lowest BCUT2D eigenvalue weighted by molar-refractivity contribution is -0.133. The number of benzene rings is 2. The van der Waals surface area contributed by atoms with E-state index in [1.165, 1.54) is 16.1 Å². The van der Waals surface area contributed by atoms with Crippen molar-refractivity contribution in [1.29, 1.82) is 0 Å². The molecule has 0 radical (unpaired) electrons. The Bertz CT molecular complexity index is 1140. The highest BCUT2D eigenvalue weighted by Gasteiger charge is 2.35. The number of aromatic nitrogens is 1. The van der Waals surface area contributed by atoms with E-state index in [9.17, 15) is 4.79 Å². The molecule has 1 aromatic heterocycles. The average molecular weight is 478 g/mol. The predicted molar refractivity (Wildman–Crippen MR) is 136 cm³/mol. The molecular formula is C26H31N5O2S. The largest absolute Gasteiger partial charge is 0.497 e. The lowest BCUT2D eigenvalue weighted by atomic mass is 10.1. The van der Waals surface area contributed by atoms with Gasteiger partial charge in [0.15, 0.2) is 0 Å². The van der Waals surface area contributed by atoms with Crippen molar-refractivity contribution in [3.63, 3.8) is 0 Å². The first-order valence-corrected chi connectivity index (χ1v) is 12.6. The molecule has 178 valence electrons. The van der Waals surface area contributed by atoms with Gasteiger partial charge in [0.1, 0.15) is 16.8 Å². The third kappa shape index (κ3) is 4.66. The molecule has 2 aliphatic heterocycles. The zero-order valence-electron chi connectivity index (χ0n) is 19.9. The van der Waals surface area contributed by atoms with Crippen molar-refractivity contribution in [1.82, 2.24) is 20.7 Å². The lowest BCUT2D eigenvalue weighted by Gasteiger charge is -2.37. The van der Waals surface area contributed by atoms with Gasteiger partial charge >= 0.3 is 0 Å². The highest BCUT2D eigenvalue weighted by molar-refractivity contribution is 7.15. The van der Waals surface area contributed by atoms with Gasteiger partial charge < -0.3 is 14.5 Å². The molecule has 7 nitrogen and oxygen atoms in total. The number of nitrogens with zero attached hydrogens (tertiary/aromatic N) is 3. The summed E-state index contributed by atoms with van der Waals surface area (Å²) in [6.45, 7) is 7.26. The van der Waals surface area contributed by atoms with Crippen LogP contribution >= 0.6 is 11.3 Å². The van der Waals surface area contributed by atoms with E-state index in [2.05, 4.69) is 66.0 Å². The van der Waals surface area contributed by atoms with E-state index in [1.807, 2.05) is 17.0 Å². The second-order valence-corrected chi connectivity index (χ2v) is 10.0. The first-order chi connectivity index (χ1) is 16.5. The fourth-order valence-corrected chi connectivity index (χ4v) is 5.78. The zero-order chi connectivity index (χ0) is 23.7. The third-order valence-electron chi connectivity index (χ3n) is 6.68. The Hall–Kier alpha value is -2.94.